The minimum Gasteiger partial charge on any atom is -0.493 e. The molecule has 2 aromatic carbocycles. The van der Waals surface area contributed by atoms with Crippen LogP contribution in [0.2, 0.25) is 0 Å². The number of halogens is 1. The largest absolute Gasteiger partial charge is 0.493 e. The quantitative estimate of drug-likeness (QED) is 0.761. The Hall–Kier alpha value is -2.36. The van der Waals surface area contributed by atoms with Crippen molar-refractivity contribution in [2.75, 3.05) is 25.1 Å². The van der Waals surface area contributed by atoms with Crippen LogP contribution in [0.5, 0.6) is 5.75 Å². The molecule has 0 aliphatic rings. The lowest BCUT2D eigenvalue weighted by Gasteiger charge is -2.19. The van der Waals surface area contributed by atoms with Crippen LogP contribution in [0.15, 0.2) is 48.5 Å². The molecule has 0 atom stereocenters. The molecule has 0 aromatic heterocycles. The Morgan fingerprint density at radius 3 is 2.48 bits per heavy atom. The lowest BCUT2D eigenvalue weighted by Crippen LogP contribution is -2.26. The van der Waals surface area contributed by atoms with E-state index in [2.05, 4.69) is 0 Å². The molecule has 0 aliphatic heterocycles. The summed E-state index contributed by atoms with van der Waals surface area (Å²) in [5.74, 6) is 0.267. The highest BCUT2D eigenvalue weighted by Gasteiger charge is 2.14. The van der Waals surface area contributed by atoms with Gasteiger partial charge in [0.25, 0.3) is 0 Å². The monoisotopic (exact) mass is 287 g/mol. The first-order chi connectivity index (χ1) is 10.1. The van der Waals surface area contributed by atoms with E-state index in [9.17, 15) is 9.18 Å². The van der Waals surface area contributed by atoms with Gasteiger partial charge in [0.05, 0.1) is 18.7 Å². The number of para-hydroxylation sites is 1. The summed E-state index contributed by atoms with van der Waals surface area (Å²) in [5.41, 5.74) is 1.35. The fourth-order valence-electron chi connectivity index (χ4n) is 2.07. The number of likely N-dealkylation sites (N-methyl/N-ethyl adjacent to an activating group) is 1. The van der Waals surface area contributed by atoms with Crippen LogP contribution in [0.25, 0.3) is 0 Å². The van der Waals surface area contributed by atoms with Gasteiger partial charge in [0.1, 0.15) is 11.6 Å². The van der Waals surface area contributed by atoms with Gasteiger partial charge >= 0.3 is 0 Å². The van der Waals surface area contributed by atoms with Crippen molar-refractivity contribution < 1.29 is 13.9 Å². The molecule has 0 spiro atoms. The molecule has 2 aromatic rings. The van der Waals surface area contributed by atoms with Crippen LogP contribution in [-0.4, -0.2) is 26.0 Å². The molecule has 21 heavy (non-hydrogen) atoms. The van der Waals surface area contributed by atoms with Gasteiger partial charge in [-0.05, 0) is 43.3 Å². The highest BCUT2D eigenvalue weighted by atomic mass is 19.1. The van der Waals surface area contributed by atoms with Crippen LogP contribution in [0, 0.1) is 5.82 Å². The minimum absolute atomic E-state index is 0.0362. The topological polar surface area (TPSA) is 29.5 Å². The lowest BCUT2D eigenvalue weighted by atomic mass is 10.1. The summed E-state index contributed by atoms with van der Waals surface area (Å²) in [4.78, 5) is 14.2. The third-order valence-electron chi connectivity index (χ3n) is 3.14. The van der Waals surface area contributed by atoms with Crippen molar-refractivity contribution in [1.82, 2.24) is 0 Å². The molecule has 0 fully saturated rings. The van der Waals surface area contributed by atoms with Crippen molar-refractivity contribution in [2.45, 2.75) is 6.92 Å². The molecule has 3 nitrogen and oxygen atoms in total. The summed E-state index contributed by atoms with van der Waals surface area (Å²) in [6.45, 7) is 2.60. The number of rotatable bonds is 6. The van der Waals surface area contributed by atoms with Gasteiger partial charge in [-0.3, -0.25) is 4.79 Å². The number of anilines is 1. The van der Waals surface area contributed by atoms with E-state index in [0.29, 0.717) is 17.9 Å². The maximum atomic E-state index is 12.9. The molecule has 0 amide bonds. The summed E-state index contributed by atoms with van der Waals surface area (Å²) >= 11 is 0. The number of hydrogen-bond acceptors (Lipinski definition) is 3. The molecule has 110 valence electrons. The van der Waals surface area contributed by atoms with Gasteiger partial charge in [-0.25, -0.2) is 4.39 Å². The predicted octanol–water partition coefficient (Wildman–Crippen LogP) is 3.54. The van der Waals surface area contributed by atoms with Crippen molar-refractivity contribution in [3.8, 4) is 5.75 Å². The first-order valence-corrected chi connectivity index (χ1v) is 6.83. The lowest BCUT2D eigenvalue weighted by molar-refractivity contribution is 0.0996. The Balaban J connectivity index is 2.12. The first kappa shape index (κ1) is 15.0. The Kier molecular flexibility index (Phi) is 4.93. The number of carbonyl (C=O) groups excluding carboxylic acids is 1. The fraction of sp³-hybridized carbons (Fsp3) is 0.235. The van der Waals surface area contributed by atoms with Gasteiger partial charge in [0.15, 0.2) is 5.78 Å². The molecule has 0 unspecified atom stereocenters. The summed E-state index contributed by atoms with van der Waals surface area (Å²) in [5, 5.41) is 0. The zero-order chi connectivity index (χ0) is 15.2. The summed E-state index contributed by atoms with van der Waals surface area (Å²) in [6.07, 6.45) is 0. The van der Waals surface area contributed by atoms with Crippen molar-refractivity contribution >= 4 is 11.5 Å². The van der Waals surface area contributed by atoms with Gasteiger partial charge in [0, 0.05) is 12.7 Å². The summed E-state index contributed by atoms with van der Waals surface area (Å²) < 4.78 is 18.4. The second-order valence-electron chi connectivity index (χ2n) is 4.68. The average molecular weight is 287 g/mol. The molecule has 4 heteroatoms. The SMILES string of the molecule is CCOc1ccccc1C(=O)CN(C)c1ccc(F)cc1. The van der Waals surface area contributed by atoms with E-state index in [0.717, 1.165) is 5.69 Å². The van der Waals surface area contributed by atoms with Crippen molar-refractivity contribution in [3.05, 3.63) is 59.9 Å². The number of hydrogen-bond donors (Lipinski definition) is 0. The second-order valence-corrected chi connectivity index (χ2v) is 4.68. The number of ether oxygens (including phenoxy) is 1. The second kappa shape index (κ2) is 6.88. The van der Waals surface area contributed by atoms with E-state index in [1.165, 1.54) is 12.1 Å². The van der Waals surface area contributed by atoms with Crippen LogP contribution >= 0.6 is 0 Å². The normalized spacial score (nSPS) is 10.2. The van der Waals surface area contributed by atoms with Gasteiger partial charge in [-0.15, -0.1) is 0 Å². The van der Waals surface area contributed by atoms with Crippen LogP contribution in [0.3, 0.4) is 0 Å². The number of nitrogens with zero attached hydrogens (tertiary/aromatic N) is 1. The zero-order valence-electron chi connectivity index (χ0n) is 12.2. The number of ketones is 1. The van der Waals surface area contributed by atoms with E-state index in [-0.39, 0.29) is 18.1 Å². The van der Waals surface area contributed by atoms with Crippen LogP contribution < -0.4 is 9.64 Å². The molecule has 2 rings (SSSR count). The van der Waals surface area contributed by atoms with Crippen molar-refractivity contribution in [3.63, 3.8) is 0 Å². The van der Waals surface area contributed by atoms with Crippen LogP contribution in [-0.2, 0) is 0 Å². The molecule has 0 saturated heterocycles. The maximum absolute atomic E-state index is 12.9. The first-order valence-electron chi connectivity index (χ1n) is 6.83. The Labute approximate surface area is 124 Å². The maximum Gasteiger partial charge on any atom is 0.185 e. The number of Topliss-reactive ketones (excluding diaryl/α,β-unsaturated/α-hetero) is 1. The average Bonchev–Trinajstić information content (AvgIpc) is 2.48. The van der Waals surface area contributed by atoms with E-state index < -0.39 is 0 Å². The Bertz CT molecular complexity index is 610. The van der Waals surface area contributed by atoms with E-state index >= 15 is 0 Å². The third-order valence-corrected chi connectivity index (χ3v) is 3.14. The smallest absolute Gasteiger partial charge is 0.185 e. The zero-order valence-corrected chi connectivity index (χ0v) is 12.2. The van der Waals surface area contributed by atoms with Gasteiger partial charge < -0.3 is 9.64 Å². The number of benzene rings is 2. The molecule has 0 aliphatic carbocycles. The molecule has 0 N–H and O–H groups in total. The molecular formula is C17H18FNO2. The fourth-order valence-corrected chi connectivity index (χ4v) is 2.07. The van der Waals surface area contributed by atoms with Gasteiger partial charge in [-0.1, -0.05) is 12.1 Å². The molecule has 0 bridgehead atoms. The summed E-state index contributed by atoms with van der Waals surface area (Å²) in [7, 11) is 1.80. The minimum atomic E-state index is -0.292. The highest BCUT2D eigenvalue weighted by Crippen LogP contribution is 2.20. The third kappa shape index (κ3) is 3.81. The molecular weight excluding hydrogens is 269 g/mol. The van der Waals surface area contributed by atoms with E-state index in [4.69, 9.17) is 4.74 Å². The summed E-state index contributed by atoms with van der Waals surface area (Å²) in [6, 6.07) is 13.3. The number of carbonyl (C=O) groups is 1. The van der Waals surface area contributed by atoms with Crippen LogP contribution in [0.4, 0.5) is 10.1 Å². The molecule has 0 saturated carbocycles. The molecule has 0 heterocycles. The Morgan fingerprint density at radius 2 is 1.81 bits per heavy atom. The van der Waals surface area contributed by atoms with E-state index in [1.807, 2.05) is 19.1 Å². The van der Waals surface area contributed by atoms with Crippen molar-refractivity contribution in [2.24, 2.45) is 0 Å². The highest BCUT2D eigenvalue weighted by molar-refractivity contribution is 6.01. The van der Waals surface area contributed by atoms with E-state index in [1.54, 1.807) is 36.2 Å². The predicted molar refractivity (Wildman–Crippen MR) is 81.6 cm³/mol. The van der Waals surface area contributed by atoms with Crippen LogP contribution in [0.1, 0.15) is 17.3 Å². The Morgan fingerprint density at radius 1 is 1.14 bits per heavy atom. The standard InChI is InChI=1S/C17H18FNO2/c1-3-21-17-7-5-4-6-15(17)16(20)12-19(2)14-10-8-13(18)9-11-14/h4-11H,3,12H2,1-2H3. The van der Waals surface area contributed by atoms with Gasteiger partial charge in [-0.2, -0.15) is 0 Å². The van der Waals surface area contributed by atoms with Crippen molar-refractivity contribution in [1.29, 1.82) is 0 Å². The van der Waals surface area contributed by atoms with Gasteiger partial charge in [0.2, 0.25) is 0 Å². The molecule has 0 radical (unpaired) electrons.